The largest absolute Gasteiger partial charge is 0.422 e. The van der Waals surface area contributed by atoms with Crippen LogP contribution in [0, 0.1) is 11.6 Å². The quantitative estimate of drug-likeness (QED) is 0.780. The van der Waals surface area contributed by atoms with E-state index >= 15 is 0 Å². The van der Waals surface area contributed by atoms with Crippen LogP contribution in [0.15, 0.2) is 24.3 Å². The number of aromatic nitrogens is 2. The number of benzene rings is 1. The van der Waals surface area contributed by atoms with Crippen LogP contribution in [-0.4, -0.2) is 10.2 Å². The van der Waals surface area contributed by atoms with Crippen LogP contribution >= 0.6 is 0 Å². The molecule has 106 valence electrons. The molecule has 2 aromatic rings. The number of alkyl halides is 3. The van der Waals surface area contributed by atoms with Gasteiger partial charge in [-0.15, -0.1) is 0 Å². The van der Waals surface area contributed by atoms with Gasteiger partial charge in [0.25, 0.3) is 0 Å². The first-order valence-corrected chi connectivity index (χ1v) is 5.72. The lowest BCUT2D eigenvalue weighted by Gasteiger charge is -2.10. The van der Waals surface area contributed by atoms with Crippen molar-refractivity contribution >= 4 is 0 Å². The Morgan fingerprint density at radius 2 is 1.60 bits per heavy atom. The first-order valence-electron chi connectivity index (χ1n) is 5.72. The Balaban J connectivity index is 2.49. The van der Waals surface area contributed by atoms with Crippen LogP contribution in [0.2, 0.25) is 0 Å². The highest BCUT2D eigenvalue weighted by atomic mass is 19.4. The minimum absolute atomic E-state index is 0.0943. The Labute approximate surface area is 111 Å². The van der Waals surface area contributed by atoms with E-state index in [1.165, 1.54) is 6.07 Å². The summed E-state index contributed by atoms with van der Waals surface area (Å²) in [6.07, 6.45) is -4.45. The summed E-state index contributed by atoms with van der Waals surface area (Å²) >= 11 is 0. The van der Waals surface area contributed by atoms with Gasteiger partial charge in [-0.25, -0.2) is 8.78 Å². The van der Waals surface area contributed by atoms with Gasteiger partial charge in [-0.05, 0) is 30.7 Å². The highest BCUT2D eigenvalue weighted by molar-refractivity contribution is 5.59. The van der Waals surface area contributed by atoms with Crippen molar-refractivity contribution in [1.82, 2.24) is 10.2 Å². The van der Waals surface area contributed by atoms with Gasteiger partial charge < -0.3 is 0 Å². The molecule has 0 spiro atoms. The highest BCUT2D eigenvalue weighted by Crippen LogP contribution is 2.35. The summed E-state index contributed by atoms with van der Waals surface area (Å²) in [5, 5.41) is 7.52. The van der Waals surface area contributed by atoms with E-state index in [-0.39, 0.29) is 11.3 Å². The average molecular weight is 288 g/mol. The van der Waals surface area contributed by atoms with E-state index in [0.29, 0.717) is 24.2 Å². The van der Waals surface area contributed by atoms with Crippen molar-refractivity contribution in [3.63, 3.8) is 0 Å². The predicted octanol–water partition coefficient (Wildman–Crippen LogP) is 4.00. The fourth-order valence-corrected chi connectivity index (χ4v) is 1.69. The Hall–Kier alpha value is -2.05. The fourth-order valence-electron chi connectivity index (χ4n) is 1.69. The Bertz CT molecular complexity index is 597. The van der Waals surface area contributed by atoms with Crippen LogP contribution in [0.1, 0.15) is 18.2 Å². The molecule has 20 heavy (non-hydrogen) atoms. The number of halogens is 5. The van der Waals surface area contributed by atoms with Gasteiger partial charge in [0.15, 0.2) is 0 Å². The van der Waals surface area contributed by atoms with E-state index in [1.54, 1.807) is 6.07 Å². The van der Waals surface area contributed by atoms with Gasteiger partial charge in [-0.3, -0.25) is 0 Å². The second-order valence-corrected chi connectivity index (χ2v) is 4.08. The zero-order chi connectivity index (χ0) is 14.9. The maximum Gasteiger partial charge on any atom is 0.422 e. The molecule has 2 nitrogen and oxygen atoms in total. The summed E-state index contributed by atoms with van der Waals surface area (Å²) in [7, 11) is 0. The van der Waals surface area contributed by atoms with Crippen LogP contribution < -0.4 is 0 Å². The molecule has 0 saturated heterocycles. The van der Waals surface area contributed by atoms with Crippen molar-refractivity contribution in [2.75, 3.05) is 0 Å². The monoisotopic (exact) mass is 288 g/mol. The van der Waals surface area contributed by atoms with Crippen LogP contribution in [0.3, 0.4) is 0 Å². The van der Waals surface area contributed by atoms with Gasteiger partial charge in [-0.1, -0.05) is 6.92 Å². The minimum atomic E-state index is -5.08. The molecule has 0 atom stereocenters. The summed E-state index contributed by atoms with van der Waals surface area (Å²) in [5.41, 5.74) is -1.22. The molecule has 0 aliphatic heterocycles. The number of nitrogens with zero attached hydrogens (tertiary/aromatic N) is 2. The molecule has 0 fully saturated rings. The molecule has 0 aliphatic carbocycles. The Kier molecular flexibility index (Phi) is 3.69. The molecule has 1 aromatic carbocycles. The highest BCUT2D eigenvalue weighted by Gasteiger charge is 2.38. The molecule has 0 radical (unpaired) electrons. The average Bonchev–Trinajstić information content (AvgIpc) is 2.36. The zero-order valence-corrected chi connectivity index (χ0v) is 10.3. The van der Waals surface area contributed by atoms with Gasteiger partial charge in [0.2, 0.25) is 0 Å². The predicted molar refractivity (Wildman–Crippen MR) is 61.8 cm³/mol. The standard InChI is InChI=1S/C13H9F5N2/c1-2-8-3-4-11(20-19-8)7-5-9(14)12(10(15)6-7)13(16,17)18/h3-6H,2H2,1H3. The molecule has 2 rings (SSSR count). The van der Waals surface area contributed by atoms with Crippen molar-refractivity contribution in [3.05, 3.63) is 47.2 Å². The lowest BCUT2D eigenvalue weighted by Crippen LogP contribution is -2.11. The Morgan fingerprint density at radius 3 is 2.00 bits per heavy atom. The lowest BCUT2D eigenvalue weighted by molar-refractivity contribution is -0.142. The van der Waals surface area contributed by atoms with Crippen molar-refractivity contribution in [3.8, 4) is 11.3 Å². The topological polar surface area (TPSA) is 25.8 Å². The van der Waals surface area contributed by atoms with Crippen molar-refractivity contribution < 1.29 is 22.0 Å². The van der Waals surface area contributed by atoms with E-state index < -0.39 is 23.4 Å². The maximum absolute atomic E-state index is 13.4. The smallest absolute Gasteiger partial charge is 0.206 e. The zero-order valence-electron chi connectivity index (χ0n) is 10.3. The molecular formula is C13H9F5N2. The molecule has 1 heterocycles. The second kappa shape index (κ2) is 5.15. The maximum atomic E-state index is 13.4. The van der Waals surface area contributed by atoms with E-state index in [4.69, 9.17) is 0 Å². The summed E-state index contributed by atoms with van der Waals surface area (Å²) in [5.74, 6) is -3.34. The van der Waals surface area contributed by atoms with Crippen LogP contribution in [0.5, 0.6) is 0 Å². The van der Waals surface area contributed by atoms with Gasteiger partial charge >= 0.3 is 6.18 Å². The number of hydrogen-bond acceptors (Lipinski definition) is 2. The summed E-state index contributed by atoms with van der Waals surface area (Å²) in [6.45, 7) is 1.85. The number of hydrogen-bond donors (Lipinski definition) is 0. The third kappa shape index (κ3) is 2.76. The fraction of sp³-hybridized carbons (Fsp3) is 0.231. The van der Waals surface area contributed by atoms with Crippen LogP contribution in [0.4, 0.5) is 22.0 Å². The van der Waals surface area contributed by atoms with Gasteiger partial charge in [0.1, 0.15) is 17.2 Å². The second-order valence-electron chi connectivity index (χ2n) is 4.08. The third-order valence-corrected chi connectivity index (χ3v) is 2.70. The Morgan fingerprint density at radius 1 is 1.00 bits per heavy atom. The lowest BCUT2D eigenvalue weighted by atomic mass is 10.1. The molecule has 0 saturated carbocycles. The first-order chi connectivity index (χ1) is 9.32. The van der Waals surface area contributed by atoms with Crippen molar-refractivity contribution in [1.29, 1.82) is 0 Å². The SMILES string of the molecule is CCc1ccc(-c2cc(F)c(C(F)(F)F)c(F)c2)nn1. The van der Waals surface area contributed by atoms with E-state index in [2.05, 4.69) is 10.2 Å². The molecule has 0 aliphatic rings. The molecule has 0 N–H and O–H groups in total. The molecular weight excluding hydrogens is 279 g/mol. The molecule has 7 heteroatoms. The molecule has 1 aromatic heterocycles. The minimum Gasteiger partial charge on any atom is -0.206 e. The van der Waals surface area contributed by atoms with Gasteiger partial charge in [0.05, 0.1) is 11.4 Å². The van der Waals surface area contributed by atoms with E-state index in [9.17, 15) is 22.0 Å². The molecule has 0 unspecified atom stereocenters. The third-order valence-electron chi connectivity index (χ3n) is 2.70. The first kappa shape index (κ1) is 14.4. The van der Waals surface area contributed by atoms with Gasteiger partial charge in [0, 0.05) is 5.56 Å². The van der Waals surface area contributed by atoms with Crippen molar-refractivity contribution in [2.45, 2.75) is 19.5 Å². The van der Waals surface area contributed by atoms with Crippen LogP contribution in [-0.2, 0) is 12.6 Å². The van der Waals surface area contributed by atoms with Crippen LogP contribution in [0.25, 0.3) is 11.3 Å². The number of aryl methyl sites for hydroxylation is 1. The van der Waals surface area contributed by atoms with Crippen molar-refractivity contribution in [2.24, 2.45) is 0 Å². The summed E-state index contributed by atoms with van der Waals surface area (Å²) < 4.78 is 64.2. The molecule has 0 amide bonds. The summed E-state index contributed by atoms with van der Waals surface area (Å²) in [6, 6.07) is 4.24. The molecule has 0 bridgehead atoms. The number of rotatable bonds is 2. The van der Waals surface area contributed by atoms with Gasteiger partial charge in [-0.2, -0.15) is 23.4 Å². The summed E-state index contributed by atoms with van der Waals surface area (Å²) in [4.78, 5) is 0. The normalized spacial score (nSPS) is 11.7. The van der Waals surface area contributed by atoms with E-state index in [1.807, 2.05) is 6.92 Å². The van der Waals surface area contributed by atoms with E-state index in [0.717, 1.165) is 0 Å².